The minimum Gasteiger partial charge on any atom is -0.341 e. The van der Waals surface area contributed by atoms with E-state index in [4.69, 9.17) is 0 Å². The fourth-order valence-corrected chi connectivity index (χ4v) is 1.11. The SMILES string of the molecule is CC.Cc1ccc2[nH]c(C)nc2n1.[HH]. The molecule has 0 aromatic carbocycles. The van der Waals surface area contributed by atoms with Gasteiger partial charge in [0.25, 0.3) is 0 Å². The molecule has 0 saturated carbocycles. The average Bonchev–Trinajstić information content (AvgIpc) is 2.48. The van der Waals surface area contributed by atoms with Gasteiger partial charge >= 0.3 is 0 Å². The molecule has 2 aromatic rings. The smallest absolute Gasteiger partial charge is 0.177 e. The quantitative estimate of drug-likeness (QED) is 0.675. The predicted molar refractivity (Wildman–Crippen MR) is 56.8 cm³/mol. The number of H-pyrrole nitrogens is 1. The monoisotopic (exact) mass is 179 g/mol. The molecule has 1 N–H and O–H groups in total. The van der Waals surface area contributed by atoms with Crippen molar-refractivity contribution in [3.8, 4) is 0 Å². The van der Waals surface area contributed by atoms with Gasteiger partial charge in [-0.1, -0.05) is 13.8 Å². The van der Waals surface area contributed by atoms with Crippen molar-refractivity contribution in [2.45, 2.75) is 27.7 Å². The second kappa shape index (κ2) is 4.03. The van der Waals surface area contributed by atoms with E-state index in [1.54, 1.807) is 0 Å². The molecule has 2 aromatic heterocycles. The summed E-state index contributed by atoms with van der Waals surface area (Å²) in [6.07, 6.45) is 0. The lowest BCUT2D eigenvalue weighted by Gasteiger charge is -1.88. The zero-order chi connectivity index (χ0) is 9.84. The number of pyridine rings is 1. The van der Waals surface area contributed by atoms with Crippen LogP contribution in [0.2, 0.25) is 0 Å². The molecule has 0 bridgehead atoms. The molecule has 3 nitrogen and oxygen atoms in total. The highest BCUT2D eigenvalue weighted by Crippen LogP contribution is 2.08. The summed E-state index contributed by atoms with van der Waals surface area (Å²) >= 11 is 0. The number of rotatable bonds is 0. The van der Waals surface area contributed by atoms with Crippen LogP contribution in [-0.4, -0.2) is 15.0 Å². The van der Waals surface area contributed by atoms with Gasteiger partial charge in [-0.05, 0) is 26.0 Å². The second-order valence-corrected chi connectivity index (χ2v) is 2.65. The lowest BCUT2D eigenvalue weighted by atomic mass is 10.4. The Labute approximate surface area is 79.7 Å². The van der Waals surface area contributed by atoms with Gasteiger partial charge in [0.05, 0.1) is 5.52 Å². The molecule has 13 heavy (non-hydrogen) atoms. The summed E-state index contributed by atoms with van der Waals surface area (Å²) in [5.74, 6) is 0.915. The summed E-state index contributed by atoms with van der Waals surface area (Å²) in [6, 6.07) is 3.97. The lowest BCUT2D eigenvalue weighted by Crippen LogP contribution is -1.80. The highest BCUT2D eigenvalue weighted by molar-refractivity contribution is 5.70. The van der Waals surface area contributed by atoms with E-state index in [0.717, 1.165) is 22.7 Å². The maximum absolute atomic E-state index is 4.25. The van der Waals surface area contributed by atoms with Crippen LogP contribution in [0.15, 0.2) is 12.1 Å². The Bertz CT molecular complexity index is 395. The Balaban J connectivity index is 0.000000531. The van der Waals surface area contributed by atoms with Gasteiger partial charge in [0, 0.05) is 7.12 Å². The van der Waals surface area contributed by atoms with Gasteiger partial charge in [-0.15, -0.1) is 0 Å². The molecule has 0 spiro atoms. The van der Waals surface area contributed by atoms with Crippen molar-refractivity contribution in [3.05, 3.63) is 23.7 Å². The molecule has 0 radical (unpaired) electrons. The summed E-state index contributed by atoms with van der Waals surface area (Å²) in [7, 11) is 0. The van der Waals surface area contributed by atoms with E-state index in [2.05, 4.69) is 15.0 Å². The van der Waals surface area contributed by atoms with E-state index in [0.29, 0.717) is 0 Å². The first-order valence-corrected chi connectivity index (χ1v) is 4.56. The normalized spacial score (nSPS) is 9.54. The van der Waals surface area contributed by atoms with Gasteiger partial charge in [0.1, 0.15) is 5.82 Å². The summed E-state index contributed by atoms with van der Waals surface area (Å²) in [6.45, 7) is 7.89. The molecular formula is C10H17N3. The largest absolute Gasteiger partial charge is 0.341 e. The van der Waals surface area contributed by atoms with E-state index in [-0.39, 0.29) is 1.43 Å². The maximum Gasteiger partial charge on any atom is 0.177 e. The first-order valence-electron chi connectivity index (χ1n) is 4.56. The standard InChI is InChI=1S/C8H9N3.C2H6.H2/c1-5-3-4-7-8(9-5)11-6(2)10-7;1-2;/h3-4H,1-2H3,(H,9,10,11);1-2H3;1H. The first-order chi connectivity index (χ1) is 6.25. The number of hydrogen-bond donors (Lipinski definition) is 1. The highest BCUT2D eigenvalue weighted by Gasteiger charge is 1.98. The maximum atomic E-state index is 4.25. The number of nitrogens with zero attached hydrogens (tertiary/aromatic N) is 2. The summed E-state index contributed by atoms with van der Waals surface area (Å²) in [5, 5.41) is 0. The van der Waals surface area contributed by atoms with Gasteiger partial charge in [-0.25, -0.2) is 9.97 Å². The summed E-state index contributed by atoms with van der Waals surface area (Å²) in [4.78, 5) is 11.6. The molecule has 0 amide bonds. The van der Waals surface area contributed by atoms with Crippen molar-refractivity contribution in [2.24, 2.45) is 0 Å². The predicted octanol–water partition coefficient (Wildman–Crippen LogP) is 2.85. The van der Waals surface area contributed by atoms with Crippen LogP contribution in [0.3, 0.4) is 0 Å². The van der Waals surface area contributed by atoms with E-state index in [1.807, 2.05) is 39.8 Å². The van der Waals surface area contributed by atoms with Crippen LogP contribution in [0.1, 0.15) is 26.8 Å². The molecule has 0 aliphatic carbocycles. The number of aryl methyl sites for hydroxylation is 2. The van der Waals surface area contributed by atoms with Crippen LogP contribution in [0, 0.1) is 13.8 Å². The van der Waals surface area contributed by atoms with Crippen LogP contribution < -0.4 is 0 Å². The van der Waals surface area contributed by atoms with E-state index in [9.17, 15) is 0 Å². The Morgan fingerprint density at radius 2 is 1.85 bits per heavy atom. The van der Waals surface area contributed by atoms with Crippen molar-refractivity contribution in [2.75, 3.05) is 0 Å². The molecule has 0 saturated heterocycles. The minimum atomic E-state index is 0. The highest BCUT2D eigenvalue weighted by atomic mass is 15.0. The number of imidazole rings is 1. The minimum absolute atomic E-state index is 0. The van der Waals surface area contributed by atoms with E-state index < -0.39 is 0 Å². The third kappa shape index (κ3) is 2.05. The van der Waals surface area contributed by atoms with Gasteiger partial charge < -0.3 is 4.98 Å². The number of nitrogens with one attached hydrogen (secondary N) is 1. The van der Waals surface area contributed by atoms with Crippen molar-refractivity contribution in [3.63, 3.8) is 0 Å². The Morgan fingerprint density at radius 1 is 1.15 bits per heavy atom. The molecule has 2 heterocycles. The third-order valence-electron chi connectivity index (χ3n) is 1.60. The summed E-state index contributed by atoms with van der Waals surface area (Å²) < 4.78 is 0. The van der Waals surface area contributed by atoms with Crippen LogP contribution in [0.4, 0.5) is 0 Å². The number of aromatic nitrogens is 3. The number of fused-ring (bicyclic) bond motifs is 1. The first kappa shape index (κ1) is 9.71. The number of hydrogen-bond acceptors (Lipinski definition) is 2. The van der Waals surface area contributed by atoms with Gasteiger partial charge in [-0.3, -0.25) is 0 Å². The Hall–Kier alpha value is -1.38. The van der Waals surface area contributed by atoms with E-state index in [1.165, 1.54) is 0 Å². The summed E-state index contributed by atoms with van der Waals surface area (Å²) in [5.41, 5.74) is 2.82. The van der Waals surface area contributed by atoms with Crippen molar-refractivity contribution in [1.82, 2.24) is 15.0 Å². The van der Waals surface area contributed by atoms with Crippen LogP contribution >= 0.6 is 0 Å². The van der Waals surface area contributed by atoms with Crippen molar-refractivity contribution >= 4 is 11.2 Å². The van der Waals surface area contributed by atoms with Crippen molar-refractivity contribution < 1.29 is 1.43 Å². The Kier molecular flexibility index (Phi) is 3.01. The molecule has 2 rings (SSSR count). The van der Waals surface area contributed by atoms with Gasteiger partial charge in [0.2, 0.25) is 0 Å². The topological polar surface area (TPSA) is 41.6 Å². The second-order valence-electron chi connectivity index (χ2n) is 2.65. The molecule has 0 fully saturated rings. The van der Waals surface area contributed by atoms with Crippen molar-refractivity contribution in [1.29, 1.82) is 0 Å². The third-order valence-corrected chi connectivity index (χ3v) is 1.60. The van der Waals surface area contributed by atoms with Gasteiger partial charge in [-0.2, -0.15) is 0 Å². The molecule has 0 aliphatic rings. The zero-order valence-electron chi connectivity index (χ0n) is 8.55. The van der Waals surface area contributed by atoms with Gasteiger partial charge in [0.15, 0.2) is 5.65 Å². The fourth-order valence-electron chi connectivity index (χ4n) is 1.11. The van der Waals surface area contributed by atoms with Crippen LogP contribution in [-0.2, 0) is 0 Å². The molecule has 0 aliphatic heterocycles. The number of aromatic amines is 1. The zero-order valence-corrected chi connectivity index (χ0v) is 8.55. The molecule has 0 atom stereocenters. The molecule has 3 heteroatoms. The molecule has 0 unspecified atom stereocenters. The van der Waals surface area contributed by atoms with E-state index >= 15 is 0 Å². The lowest BCUT2D eigenvalue weighted by molar-refractivity contribution is 1.15. The van der Waals surface area contributed by atoms with Crippen LogP contribution in [0.5, 0.6) is 0 Å². The fraction of sp³-hybridized carbons (Fsp3) is 0.400. The average molecular weight is 179 g/mol. The van der Waals surface area contributed by atoms with Crippen LogP contribution in [0.25, 0.3) is 11.2 Å². The molecule has 72 valence electrons. The molecular weight excluding hydrogens is 162 g/mol. The Morgan fingerprint density at radius 3 is 2.54 bits per heavy atom.